The minimum atomic E-state index is -0.357. The summed E-state index contributed by atoms with van der Waals surface area (Å²) >= 11 is 1.22. The van der Waals surface area contributed by atoms with Crippen LogP contribution in [0.3, 0.4) is 0 Å². The number of esters is 1. The quantitative estimate of drug-likeness (QED) is 0.746. The molecule has 2 aromatic heterocycles. The third kappa shape index (κ3) is 3.72. The van der Waals surface area contributed by atoms with Crippen LogP contribution in [0.5, 0.6) is 0 Å². The second-order valence-corrected chi connectivity index (χ2v) is 7.97. The first kappa shape index (κ1) is 18.8. The highest BCUT2D eigenvalue weighted by molar-refractivity contribution is 7.20. The molecular formula is C19H24N2O4S. The molecule has 1 fully saturated rings. The largest absolute Gasteiger partial charge is 0.458 e. The molecule has 1 saturated carbocycles. The molecule has 26 heavy (non-hydrogen) atoms. The Balaban J connectivity index is 1.94. The van der Waals surface area contributed by atoms with Crippen LogP contribution < -0.4 is 5.56 Å². The van der Waals surface area contributed by atoms with E-state index >= 15 is 0 Å². The Morgan fingerprint density at radius 3 is 2.58 bits per heavy atom. The van der Waals surface area contributed by atoms with E-state index in [4.69, 9.17) is 4.74 Å². The Bertz CT molecular complexity index is 906. The van der Waals surface area contributed by atoms with Gasteiger partial charge in [-0.05, 0) is 52.0 Å². The van der Waals surface area contributed by atoms with Gasteiger partial charge in [-0.1, -0.05) is 6.42 Å². The topological polar surface area (TPSA) is 78.3 Å². The van der Waals surface area contributed by atoms with Crippen LogP contribution in [0.2, 0.25) is 0 Å². The van der Waals surface area contributed by atoms with Crippen molar-refractivity contribution in [2.75, 3.05) is 0 Å². The van der Waals surface area contributed by atoms with E-state index in [0.29, 0.717) is 33.0 Å². The molecule has 0 N–H and O–H groups in total. The van der Waals surface area contributed by atoms with Crippen molar-refractivity contribution in [3.05, 3.63) is 26.6 Å². The van der Waals surface area contributed by atoms with E-state index in [9.17, 15) is 14.4 Å². The molecule has 0 amide bonds. The fourth-order valence-electron chi connectivity index (χ4n) is 3.43. The average molecular weight is 376 g/mol. The summed E-state index contributed by atoms with van der Waals surface area (Å²) < 4.78 is 7.17. The Hall–Kier alpha value is -2.02. The Labute approximate surface area is 156 Å². The summed E-state index contributed by atoms with van der Waals surface area (Å²) in [6.07, 6.45) is 5.45. The molecule has 1 aliphatic carbocycles. The number of Topliss-reactive ketones (excluding diaryl/α,β-unsaturated/α-hetero) is 1. The van der Waals surface area contributed by atoms with Crippen molar-refractivity contribution in [1.29, 1.82) is 0 Å². The molecule has 0 saturated heterocycles. The highest BCUT2D eigenvalue weighted by atomic mass is 32.1. The van der Waals surface area contributed by atoms with E-state index in [0.717, 1.165) is 25.7 Å². The third-order valence-electron chi connectivity index (χ3n) is 4.94. The van der Waals surface area contributed by atoms with Crippen molar-refractivity contribution in [2.45, 2.75) is 71.9 Å². The van der Waals surface area contributed by atoms with E-state index in [-0.39, 0.29) is 29.8 Å². The van der Waals surface area contributed by atoms with Crippen LogP contribution in [-0.2, 0) is 16.1 Å². The molecule has 2 heterocycles. The van der Waals surface area contributed by atoms with Gasteiger partial charge in [0, 0.05) is 13.0 Å². The summed E-state index contributed by atoms with van der Waals surface area (Å²) in [5, 5.41) is 0.458. The molecule has 0 aliphatic heterocycles. The summed E-state index contributed by atoms with van der Waals surface area (Å²) in [5.41, 5.74) is 0.430. The number of hydrogen-bond donors (Lipinski definition) is 0. The van der Waals surface area contributed by atoms with Crippen molar-refractivity contribution in [3.8, 4) is 0 Å². The first-order valence-corrected chi connectivity index (χ1v) is 9.91. The molecule has 0 unspecified atom stereocenters. The maximum Gasteiger partial charge on any atom is 0.348 e. The number of nitrogens with zero attached hydrogens (tertiary/aromatic N) is 2. The van der Waals surface area contributed by atoms with E-state index in [1.54, 1.807) is 13.8 Å². The van der Waals surface area contributed by atoms with Gasteiger partial charge in [-0.2, -0.15) is 0 Å². The van der Waals surface area contributed by atoms with Gasteiger partial charge in [0.25, 0.3) is 5.56 Å². The SMILES string of the molecule is CC(=O)CCn1c(C)nc2sc(C(=O)OC3CCCCC3)c(C)c2c1=O. The second kappa shape index (κ2) is 7.70. The van der Waals surface area contributed by atoms with Crippen LogP contribution >= 0.6 is 11.3 Å². The molecule has 1 aliphatic rings. The third-order valence-corrected chi connectivity index (χ3v) is 6.11. The molecule has 2 aromatic rings. The number of fused-ring (bicyclic) bond motifs is 1. The van der Waals surface area contributed by atoms with Crippen LogP contribution in [0.4, 0.5) is 0 Å². The van der Waals surface area contributed by atoms with Gasteiger partial charge in [0.1, 0.15) is 27.4 Å². The smallest absolute Gasteiger partial charge is 0.348 e. The van der Waals surface area contributed by atoms with Crippen LogP contribution in [-0.4, -0.2) is 27.4 Å². The first-order valence-electron chi connectivity index (χ1n) is 9.09. The maximum atomic E-state index is 12.9. The average Bonchev–Trinajstić information content (AvgIpc) is 2.92. The number of aryl methyl sites for hydroxylation is 2. The highest BCUT2D eigenvalue weighted by Gasteiger charge is 2.24. The number of aromatic nitrogens is 2. The molecule has 3 rings (SSSR count). The lowest BCUT2D eigenvalue weighted by Gasteiger charge is -2.21. The lowest BCUT2D eigenvalue weighted by molar-refractivity contribution is -0.117. The predicted molar refractivity (Wildman–Crippen MR) is 101 cm³/mol. The van der Waals surface area contributed by atoms with Crippen molar-refractivity contribution in [3.63, 3.8) is 0 Å². The standard InChI is InChI=1S/C19H24N2O4S/c1-11(22)9-10-21-13(3)20-17-15(18(21)23)12(2)16(26-17)19(24)25-14-7-5-4-6-8-14/h14H,4-10H2,1-3H3. The summed E-state index contributed by atoms with van der Waals surface area (Å²) in [6, 6.07) is 0. The fraction of sp³-hybridized carbons (Fsp3) is 0.579. The molecule has 0 atom stereocenters. The lowest BCUT2D eigenvalue weighted by Crippen LogP contribution is -2.25. The number of carbonyl (C=O) groups excluding carboxylic acids is 2. The molecule has 0 aromatic carbocycles. The second-order valence-electron chi connectivity index (χ2n) is 6.97. The Morgan fingerprint density at radius 2 is 1.92 bits per heavy atom. The zero-order valence-corrected chi connectivity index (χ0v) is 16.3. The molecule has 0 bridgehead atoms. The van der Waals surface area contributed by atoms with Crippen molar-refractivity contribution in [1.82, 2.24) is 9.55 Å². The maximum absolute atomic E-state index is 12.9. The van der Waals surface area contributed by atoms with Gasteiger partial charge in [-0.3, -0.25) is 14.2 Å². The molecule has 7 heteroatoms. The normalized spacial score (nSPS) is 15.3. The van der Waals surface area contributed by atoms with Crippen molar-refractivity contribution in [2.24, 2.45) is 0 Å². The predicted octanol–water partition coefficient (Wildman–Crippen LogP) is 3.54. The summed E-state index contributed by atoms with van der Waals surface area (Å²) in [7, 11) is 0. The number of ether oxygens (including phenoxy) is 1. The number of thiophene rings is 1. The van der Waals surface area contributed by atoms with Gasteiger partial charge in [0.15, 0.2) is 0 Å². The zero-order chi connectivity index (χ0) is 18.8. The van der Waals surface area contributed by atoms with Crippen LogP contribution in [0.25, 0.3) is 10.2 Å². The Morgan fingerprint density at radius 1 is 1.23 bits per heavy atom. The van der Waals surface area contributed by atoms with Crippen molar-refractivity contribution < 1.29 is 14.3 Å². The zero-order valence-electron chi connectivity index (χ0n) is 15.5. The van der Waals surface area contributed by atoms with Crippen LogP contribution in [0.15, 0.2) is 4.79 Å². The van der Waals surface area contributed by atoms with E-state index in [1.807, 2.05) is 0 Å². The number of carbonyl (C=O) groups is 2. The van der Waals surface area contributed by atoms with E-state index in [1.165, 1.54) is 29.2 Å². The Kier molecular flexibility index (Phi) is 5.55. The lowest BCUT2D eigenvalue weighted by atomic mass is 9.98. The fourth-order valence-corrected chi connectivity index (χ4v) is 4.53. The summed E-state index contributed by atoms with van der Waals surface area (Å²) in [6.45, 7) is 5.32. The molecule has 140 valence electrons. The van der Waals surface area contributed by atoms with Crippen LogP contribution in [0, 0.1) is 13.8 Å². The number of rotatable bonds is 5. The van der Waals surface area contributed by atoms with Gasteiger partial charge in [0.05, 0.1) is 5.39 Å². The van der Waals surface area contributed by atoms with E-state index in [2.05, 4.69) is 4.98 Å². The monoisotopic (exact) mass is 376 g/mol. The molecular weight excluding hydrogens is 352 g/mol. The number of ketones is 1. The van der Waals surface area contributed by atoms with Gasteiger partial charge in [-0.15, -0.1) is 11.3 Å². The first-order chi connectivity index (χ1) is 12.4. The van der Waals surface area contributed by atoms with Gasteiger partial charge in [0.2, 0.25) is 0 Å². The summed E-state index contributed by atoms with van der Waals surface area (Å²) in [5.74, 6) is 0.220. The van der Waals surface area contributed by atoms with Gasteiger partial charge in [-0.25, -0.2) is 9.78 Å². The minimum Gasteiger partial charge on any atom is -0.458 e. The summed E-state index contributed by atoms with van der Waals surface area (Å²) in [4.78, 5) is 42.2. The number of hydrogen-bond acceptors (Lipinski definition) is 6. The minimum absolute atomic E-state index is 0.0233. The highest BCUT2D eigenvalue weighted by Crippen LogP contribution is 2.29. The van der Waals surface area contributed by atoms with Crippen molar-refractivity contribution >= 4 is 33.3 Å². The van der Waals surface area contributed by atoms with E-state index < -0.39 is 0 Å². The molecule has 6 nitrogen and oxygen atoms in total. The van der Waals surface area contributed by atoms with Gasteiger partial charge >= 0.3 is 5.97 Å². The molecule has 0 radical (unpaired) electrons. The van der Waals surface area contributed by atoms with Gasteiger partial charge < -0.3 is 4.74 Å². The molecule has 0 spiro atoms. The van der Waals surface area contributed by atoms with Crippen LogP contribution in [0.1, 0.15) is 66.5 Å².